The molecule has 8 atom stereocenters. The van der Waals surface area contributed by atoms with Gasteiger partial charge in [0.2, 0.25) is 0 Å². The molecule has 0 saturated carbocycles. The van der Waals surface area contributed by atoms with Crippen molar-refractivity contribution in [1.29, 1.82) is 0 Å². The van der Waals surface area contributed by atoms with Crippen molar-refractivity contribution in [2.75, 3.05) is 13.2 Å². The molecule has 5 rings (SSSR count). The highest BCUT2D eigenvalue weighted by Crippen LogP contribution is 2.50. The van der Waals surface area contributed by atoms with Gasteiger partial charge in [-0.1, -0.05) is 0 Å². The number of phenols is 4. The van der Waals surface area contributed by atoms with Gasteiger partial charge in [0.15, 0.2) is 22.5 Å². The summed E-state index contributed by atoms with van der Waals surface area (Å²) in [4.78, 5) is 13.3. The van der Waals surface area contributed by atoms with Gasteiger partial charge in [-0.2, -0.15) is 0 Å². The highest BCUT2D eigenvalue weighted by atomic mass is 16.5. The Hall–Kier alpha value is -3.47. The molecule has 0 spiro atoms. The standard InChI is InChI=1S/C25H26O14/c26-8-2-1-7(3-9(8)27)13-4-10(28)14-19(33)15(24-21(35)17(31)11(29)5-37-24)20(34)16(23(14)39-13)25-22(36)18(32)12(30)6-38-25/h1-4,11-12,17-18,21-22,24-27,29-36H,5-6H2/t11-,12-,17-,18-,21?,22?,24-,25-/m0/s1. The Morgan fingerprint density at radius 1 is 0.667 bits per heavy atom. The molecule has 2 saturated heterocycles. The van der Waals surface area contributed by atoms with Gasteiger partial charge in [0.1, 0.15) is 71.5 Å². The van der Waals surface area contributed by atoms with Gasteiger partial charge in [-0.15, -0.1) is 0 Å². The Kier molecular flexibility index (Phi) is 6.90. The molecule has 14 nitrogen and oxygen atoms in total. The molecular formula is C25H26O14. The molecule has 2 aliphatic rings. The fourth-order valence-corrected chi connectivity index (χ4v) is 4.88. The van der Waals surface area contributed by atoms with Crippen molar-refractivity contribution in [1.82, 2.24) is 0 Å². The molecule has 1 aromatic heterocycles. The quantitative estimate of drug-likeness (QED) is 0.168. The lowest BCUT2D eigenvalue weighted by Crippen LogP contribution is -2.49. The van der Waals surface area contributed by atoms with Crippen LogP contribution in [0.3, 0.4) is 0 Å². The van der Waals surface area contributed by atoms with Gasteiger partial charge in [-0.05, 0) is 18.2 Å². The number of aliphatic hydroxyl groups is 6. The first-order valence-corrected chi connectivity index (χ1v) is 11.8. The fraction of sp³-hybridized carbons (Fsp3) is 0.400. The first-order chi connectivity index (χ1) is 18.4. The van der Waals surface area contributed by atoms with Gasteiger partial charge in [-0.3, -0.25) is 4.79 Å². The first-order valence-electron chi connectivity index (χ1n) is 11.8. The molecule has 2 aromatic carbocycles. The molecule has 2 aliphatic heterocycles. The molecule has 0 bridgehead atoms. The normalized spacial score (nSPS) is 31.4. The van der Waals surface area contributed by atoms with Crippen molar-refractivity contribution in [3.05, 3.63) is 45.6 Å². The van der Waals surface area contributed by atoms with Crippen LogP contribution < -0.4 is 5.43 Å². The van der Waals surface area contributed by atoms with E-state index in [0.717, 1.165) is 18.2 Å². The summed E-state index contributed by atoms with van der Waals surface area (Å²) in [5.41, 5.74) is -2.36. The van der Waals surface area contributed by atoms with Gasteiger partial charge in [0.05, 0.1) is 24.3 Å². The third-order valence-corrected chi connectivity index (χ3v) is 7.03. The van der Waals surface area contributed by atoms with Crippen LogP contribution in [0.25, 0.3) is 22.3 Å². The number of ether oxygens (including phenoxy) is 2. The zero-order valence-electron chi connectivity index (χ0n) is 19.9. The minimum absolute atomic E-state index is 0.0991. The predicted octanol–water partition coefficient (Wildman–Crippen LogP) is -1.41. The van der Waals surface area contributed by atoms with Gasteiger partial charge in [0.25, 0.3) is 0 Å². The average molecular weight is 550 g/mol. The number of phenolic OH excluding ortho intramolecular Hbond substituents is 4. The van der Waals surface area contributed by atoms with E-state index in [0.29, 0.717) is 0 Å². The molecule has 0 amide bonds. The van der Waals surface area contributed by atoms with E-state index in [1.807, 2.05) is 0 Å². The Balaban J connectivity index is 1.80. The summed E-state index contributed by atoms with van der Waals surface area (Å²) in [5, 5.41) is 103. The van der Waals surface area contributed by atoms with E-state index in [2.05, 4.69) is 0 Å². The monoisotopic (exact) mass is 550 g/mol. The van der Waals surface area contributed by atoms with E-state index < -0.39 is 113 Å². The maximum Gasteiger partial charge on any atom is 0.197 e. The second-order valence-electron chi connectivity index (χ2n) is 9.51. The van der Waals surface area contributed by atoms with E-state index in [4.69, 9.17) is 13.9 Å². The highest BCUT2D eigenvalue weighted by Gasteiger charge is 2.46. The molecule has 0 aliphatic carbocycles. The third kappa shape index (κ3) is 4.36. The Bertz CT molecular complexity index is 1470. The number of aromatic hydroxyl groups is 4. The molecule has 2 fully saturated rings. The van der Waals surface area contributed by atoms with E-state index >= 15 is 0 Å². The lowest BCUT2D eigenvalue weighted by Gasteiger charge is -2.38. The van der Waals surface area contributed by atoms with E-state index in [-0.39, 0.29) is 11.3 Å². The lowest BCUT2D eigenvalue weighted by molar-refractivity contribution is -0.191. The van der Waals surface area contributed by atoms with Crippen LogP contribution >= 0.6 is 0 Å². The first kappa shape index (κ1) is 27.1. The zero-order chi connectivity index (χ0) is 28.3. The number of hydrogen-bond donors (Lipinski definition) is 10. The predicted molar refractivity (Wildman–Crippen MR) is 128 cm³/mol. The van der Waals surface area contributed by atoms with Crippen molar-refractivity contribution in [2.45, 2.75) is 48.8 Å². The van der Waals surface area contributed by atoms with Crippen LogP contribution in [-0.4, -0.2) is 101 Å². The summed E-state index contributed by atoms with van der Waals surface area (Å²) >= 11 is 0. The number of rotatable bonds is 3. The van der Waals surface area contributed by atoms with Crippen molar-refractivity contribution in [3.8, 4) is 34.3 Å². The molecule has 210 valence electrons. The van der Waals surface area contributed by atoms with E-state index in [9.17, 15) is 55.9 Å². The maximum absolute atomic E-state index is 13.3. The van der Waals surface area contributed by atoms with Crippen LogP contribution in [0.5, 0.6) is 23.0 Å². The van der Waals surface area contributed by atoms with Crippen molar-refractivity contribution >= 4 is 11.0 Å². The SMILES string of the molecule is O=c1cc(-c2ccc(O)c(O)c2)oc2c([C@@H]3OC[C@H](O)[C@H](O)C3O)c(O)c([C@@H]3OC[C@H](O)[C@H](O)C3O)c(O)c12. The topological polar surface area (TPSA) is 251 Å². The van der Waals surface area contributed by atoms with Gasteiger partial charge < -0.3 is 65.0 Å². The molecule has 3 aromatic rings. The van der Waals surface area contributed by atoms with Crippen LogP contribution in [-0.2, 0) is 9.47 Å². The van der Waals surface area contributed by atoms with Crippen molar-refractivity contribution < 1.29 is 65.0 Å². The Labute approximate surface area is 218 Å². The minimum atomic E-state index is -1.88. The summed E-state index contributed by atoms with van der Waals surface area (Å²) in [6.45, 7) is -1.02. The molecule has 14 heteroatoms. The minimum Gasteiger partial charge on any atom is -0.507 e. The summed E-state index contributed by atoms with van der Waals surface area (Å²) in [6.07, 6.45) is -13.6. The average Bonchev–Trinajstić information content (AvgIpc) is 2.89. The number of aliphatic hydroxyl groups excluding tert-OH is 6. The maximum atomic E-state index is 13.3. The van der Waals surface area contributed by atoms with Crippen LogP contribution in [0.2, 0.25) is 0 Å². The van der Waals surface area contributed by atoms with Crippen LogP contribution in [0.4, 0.5) is 0 Å². The van der Waals surface area contributed by atoms with Crippen molar-refractivity contribution in [2.24, 2.45) is 0 Å². The molecule has 2 unspecified atom stereocenters. The van der Waals surface area contributed by atoms with Gasteiger partial charge in [0, 0.05) is 11.6 Å². The summed E-state index contributed by atoms with van der Waals surface area (Å²) in [5.74, 6) is -2.99. The Morgan fingerprint density at radius 2 is 1.23 bits per heavy atom. The van der Waals surface area contributed by atoms with Crippen LogP contribution in [0, 0.1) is 0 Å². The molecular weight excluding hydrogens is 524 g/mol. The zero-order valence-corrected chi connectivity index (χ0v) is 19.9. The number of benzene rings is 2. The molecule has 39 heavy (non-hydrogen) atoms. The smallest absolute Gasteiger partial charge is 0.197 e. The highest BCUT2D eigenvalue weighted by molar-refractivity contribution is 5.92. The lowest BCUT2D eigenvalue weighted by atomic mass is 9.87. The summed E-state index contributed by atoms with van der Waals surface area (Å²) in [6, 6.07) is 4.45. The second-order valence-corrected chi connectivity index (χ2v) is 9.51. The number of fused-ring (bicyclic) bond motifs is 1. The molecule has 0 radical (unpaired) electrons. The van der Waals surface area contributed by atoms with E-state index in [1.165, 1.54) is 6.07 Å². The largest absolute Gasteiger partial charge is 0.507 e. The van der Waals surface area contributed by atoms with Crippen LogP contribution in [0.15, 0.2) is 33.5 Å². The molecule has 10 N–H and O–H groups in total. The number of hydrogen-bond acceptors (Lipinski definition) is 14. The van der Waals surface area contributed by atoms with Crippen LogP contribution in [0.1, 0.15) is 23.3 Å². The van der Waals surface area contributed by atoms with Crippen molar-refractivity contribution in [3.63, 3.8) is 0 Å². The molecule has 3 heterocycles. The fourth-order valence-electron chi connectivity index (χ4n) is 4.88. The second kappa shape index (κ2) is 9.93. The summed E-state index contributed by atoms with van der Waals surface area (Å²) in [7, 11) is 0. The third-order valence-electron chi connectivity index (χ3n) is 7.03. The Morgan fingerprint density at radius 3 is 1.79 bits per heavy atom. The van der Waals surface area contributed by atoms with E-state index in [1.54, 1.807) is 0 Å². The van der Waals surface area contributed by atoms with Gasteiger partial charge >= 0.3 is 0 Å². The summed E-state index contributed by atoms with van der Waals surface area (Å²) < 4.78 is 16.7. The van der Waals surface area contributed by atoms with Gasteiger partial charge in [-0.25, -0.2) is 0 Å².